The van der Waals surface area contributed by atoms with Crippen LogP contribution >= 0.6 is 0 Å². The number of anilines is 2. The number of hydrogen-bond donors (Lipinski definition) is 2. The number of methoxy groups -OCH3 is 1. The van der Waals surface area contributed by atoms with Crippen LogP contribution in [0.3, 0.4) is 0 Å². The van der Waals surface area contributed by atoms with Crippen molar-refractivity contribution in [1.29, 1.82) is 0 Å². The number of ether oxygens (including phenoxy) is 2. The number of nitrogens with zero attached hydrogens (tertiary/aromatic N) is 1. The first-order chi connectivity index (χ1) is 15.0. The fourth-order valence-electron chi connectivity index (χ4n) is 3.60. The summed E-state index contributed by atoms with van der Waals surface area (Å²) in [4.78, 5) is 27.8. The minimum absolute atomic E-state index is 0.189. The quantitative estimate of drug-likeness (QED) is 0.635. The second-order valence-electron chi connectivity index (χ2n) is 7.27. The number of benzene rings is 2. The van der Waals surface area contributed by atoms with Crippen LogP contribution in [-0.4, -0.2) is 45.2 Å². The lowest BCUT2D eigenvalue weighted by Crippen LogP contribution is -2.46. The molecule has 0 saturated carbocycles. The number of likely N-dealkylation sites (N-methyl/N-ethyl adjacent to an activating group) is 1. The number of carbonyl (C=O) groups excluding carboxylic acids is 2. The Bertz CT molecular complexity index is 952. The lowest BCUT2D eigenvalue weighted by atomic mass is 9.96. The monoisotopic (exact) mass is 423 g/mol. The predicted molar refractivity (Wildman–Crippen MR) is 121 cm³/mol. The first-order valence-corrected chi connectivity index (χ1v) is 10.3. The molecule has 7 heteroatoms. The van der Waals surface area contributed by atoms with E-state index in [1.807, 2.05) is 55.5 Å². The van der Waals surface area contributed by atoms with Crippen molar-refractivity contribution >= 4 is 23.3 Å². The van der Waals surface area contributed by atoms with E-state index in [2.05, 4.69) is 10.6 Å². The maximum atomic E-state index is 13.6. The summed E-state index contributed by atoms with van der Waals surface area (Å²) in [5.74, 6) is 0.131. The Balaban J connectivity index is 2.00. The Morgan fingerprint density at radius 2 is 1.81 bits per heavy atom. The van der Waals surface area contributed by atoms with Crippen LogP contribution in [0.15, 0.2) is 59.8 Å². The lowest BCUT2D eigenvalue weighted by molar-refractivity contribution is -0.144. The molecule has 0 bridgehead atoms. The minimum atomic E-state index is -0.704. The van der Waals surface area contributed by atoms with Gasteiger partial charge in [0.25, 0.3) is 5.91 Å². The topological polar surface area (TPSA) is 79.9 Å². The van der Waals surface area contributed by atoms with Crippen molar-refractivity contribution in [1.82, 2.24) is 5.32 Å². The molecule has 0 saturated heterocycles. The smallest absolute Gasteiger partial charge is 0.327 e. The maximum Gasteiger partial charge on any atom is 0.327 e. The zero-order chi connectivity index (χ0) is 22.4. The van der Waals surface area contributed by atoms with Gasteiger partial charge in [0.15, 0.2) is 0 Å². The van der Waals surface area contributed by atoms with Gasteiger partial charge in [-0.2, -0.15) is 0 Å². The average Bonchev–Trinajstić information content (AvgIpc) is 2.78. The summed E-state index contributed by atoms with van der Waals surface area (Å²) >= 11 is 0. The van der Waals surface area contributed by atoms with Crippen LogP contribution < -0.4 is 20.3 Å². The lowest BCUT2D eigenvalue weighted by Gasteiger charge is -2.33. The molecule has 1 heterocycles. The van der Waals surface area contributed by atoms with E-state index in [9.17, 15) is 9.59 Å². The van der Waals surface area contributed by atoms with E-state index in [0.29, 0.717) is 24.2 Å². The van der Waals surface area contributed by atoms with Gasteiger partial charge in [0, 0.05) is 17.9 Å². The van der Waals surface area contributed by atoms with Gasteiger partial charge in [0.05, 0.1) is 13.7 Å². The Morgan fingerprint density at radius 1 is 1.13 bits per heavy atom. The van der Waals surface area contributed by atoms with Crippen molar-refractivity contribution in [3.8, 4) is 5.75 Å². The summed E-state index contributed by atoms with van der Waals surface area (Å²) in [5, 5.41) is 6.25. The van der Waals surface area contributed by atoms with Crippen LogP contribution in [0.5, 0.6) is 5.75 Å². The maximum absolute atomic E-state index is 13.6. The number of aryl methyl sites for hydroxylation is 1. The summed E-state index contributed by atoms with van der Waals surface area (Å²) < 4.78 is 10.4. The molecule has 0 radical (unpaired) electrons. The van der Waals surface area contributed by atoms with E-state index in [1.165, 1.54) is 0 Å². The second-order valence-corrected chi connectivity index (χ2v) is 7.27. The third kappa shape index (κ3) is 5.06. The molecule has 1 aliphatic heterocycles. The van der Waals surface area contributed by atoms with Crippen molar-refractivity contribution < 1.29 is 19.1 Å². The molecule has 1 amide bonds. The summed E-state index contributed by atoms with van der Waals surface area (Å²) in [6.07, 6.45) is 0.530. The van der Waals surface area contributed by atoms with Crippen LogP contribution in [0.4, 0.5) is 11.4 Å². The molecule has 0 aliphatic carbocycles. The molecule has 0 aromatic heterocycles. The molecule has 164 valence electrons. The highest BCUT2D eigenvalue weighted by Crippen LogP contribution is 2.29. The first-order valence-electron chi connectivity index (χ1n) is 10.3. The fraction of sp³-hybridized carbons (Fsp3) is 0.333. The number of carbonyl (C=O) groups is 2. The highest BCUT2D eigenvalue weighted by molar-refractivity contribution is 6.09. The molecule has 31 heavy (non-hydrogen) atoms. The summed E-state index contributed by atoms with van der Waals surface area (Å²) in [6.45, 7) is 4.52. The molecule has 2 aromatic rings. The second kappa shape index (κ2) is 10.1. The Morgan fingerprint density at radius 3 is 2.39 bits per heavy atom. The fourth-order valence-corrected chi connectivity index (χ4v) is 3.60. The van der Waals surface area contributed by atoms with Gasteiger partial charge in [0.1, 0.15) is 17.5 Å². The van der Waals surface area contributed by atoms with Crippen LogP contribution in [0.1, 0.15) is 18.9 Å². The van der Waals surface area contributed by atoms with Crippen molar-refractivity contribution in [3.05, 3.63) is 65.4 Å². The van der Waals surface area contributed by atoms with Crippen LogP contribution in [0.25, 0.3) is 0 Å². The number of hydrogen-bond acceptors (Lipinski definition) is 6. The third-order valence-electron chi connectivity index (χ3n) is 5.25. The molecule has 3 rings (SSSR count). The van der Waals surface area contributed by atoms with Crippen LogP contribution in [0, 0.1) is 6.92 Å². The summed E-state index contributed by atoms with van der Waals surface area (Å²) in [6, 6.07) is 14.4. The van der Waals surface area contributed by atoms with E-state index in [1.54, 1.807) is 26.0 Å². The van der Waals surface area contributed by atoms with E-state index >= 15 is 0 Å². The largest absolute Gasteiger partial charge is 0.497 e. The van der Waals surface area contributed by atoms with E-state index in [-0.39, 0.29) is 12.5 Å². The van der Waals surface area contributed by atoms with Gasteiger partial charge in [-0.05, 0) is 69.3 Å². The Labute approximate surface area is 183 Å². The van der Waals surface area contributed by atoms with Gasteiger partial charge >= 0.3 is 5.97 Å². The Hall–Kier alpha value is -3.32. The summed E-state index contributed by atoms with van der Waals surface area (Å²) in [7, 11) is 3.29. The van der Waals surface area contributed by atoms with E-state index < -0.39 is 12.0 Å². The molecule has 0 spiro atoms. The van der Waals surface area contributed by atoms with E-state index in [0.717, 1.165) is 22.7 Å². The zero-order valence-electron chi connectivity index (χ0n) is 18.4. The minimum Gasteiger partial charge on any atom is -0.497 e. The molecular formula is C24H29N3O4. The SMILES string of the molecule is CCOC(=O)C(NC)C1=C(Nc2ccc(OC)cc2)C(=O)N(c2ccc(C)cc2)CC1. The molecular weight excluding hydrogens is 394 g/mol. The van der Waals surface area contributed by atoms with Gasteiger partial charge in [-0.3, -0.25) is 4.79 Å². The standard InChI is InChI=1S/C24H29N3O4/c1-5-31-24(29)22(25-3)20-14-15-27(18-10-6-16(2)7-11-18)23(28)21(20)26-17-8-12-19(30-4)13-9-17/h6-13,22,25-26H,5,14-15H2,1-4H3. The van der Waals surface area contributed by atoms with Crippen molar-refractivity contribution in [2.75, 3.05) is 37.5 Å². The van der Waals surface area contributed by atoms with Crippen molar-refractivity contribution in [2.45, 2.75) is 26.3 Å². The van der Waals surface area contributed by atoms with E-state index in [4.69, 9.17) is 9.47 Å². The Kier molecular flexibility index (Phi) is 7.31. The van der Waals surface area contributed by atoms with Gasteiger partial charge < -0.3 is 25.0 Å². The number of nitrogens with one attached hydrogen (secondary N) is 2. The molecule has 0 fully saturated rings. The molecule has 1 unspecified atom stereocenters. The highest BCUT2D eigenvalue weighted by Gasteiger charge is 2.34. The molecule has 2 N–H and O–H groups in total. The van der Waals surface area contributed by atoms with Crippen molar-refractivity contribution in [2.24, 2.45) is 0 Å². The zero-order valence-corrected chi connectivity index (χ0v) is 18.4. The first kappa shape index (κ1) is 22.4. The van der Waals surface area contributed by atoms with Gasteiger partial charge in [0.2, 0.25) is 0 Å². The number of esters is 1. The van der Waals surface area contributed by atoms with Gasteiger partial charge in [-0.1, -0.05) is 17.7 Å². The molecule has 1 aliphatic rings. The molecule has 2 aromatic carbocycles. The number of amides is 1. The molecule has 1 atom stereocenters. The highest BCUT2D eigenvalue weighted by atomic mass is 16.5. The van der Waals surface area contributed by atoms with Crippen LogP contribution in [0.2, 0.25) is 0 Å². The van der Waals surface area contributed by atoms with Gasteiger partial charge in [-0.15, -0.1) is 0 Å². The normalized spacial score (nSPS) is 15.0. The van der Waals surface area contributed by atoms with Gasteiger partial charge in [-0.25, -0.2) is 4.79 Å². The molecule has 7 nitrogen and oxygen atoms in total. The van der Waals surface area contributed by atoms with Crippen molar-refractivity contribution in [3.63, 3.8) is 0 Å². The average molecular weight is 424 g/mol. The van der Waals surface area contributed by atoms with Crippen LogP contribution in [-0.2, 0) is 14.3 Å². The number of rotatable bonds is 8. The predicted octanol–water partition coefficient (Wildman–Crippen LogP) is 3.26. The summed E-state index contributed by atoms with van der Waals surface area (Å²) in [5.41, 5.74) is 3.74. The third-order valence-corrected chi connectivity index (χ3v) is 5.25.